The molecule has 1 aromatic heterocycles. The van der Waals surface area contributed by atoms with Crippen LogP contribution in [0, 0.1) is 11.8 Å². The van der Waals surface area contributed by atoms with E-state index in [0.717, 1.165) is 43.7 Å². The quantitative estimate of drug-likeness (QED) is 0.370. The van der Waals surface area contributed by atoms with Crippen molar-refractivity contribution in [3.8, 4) is 23.2 Å². The second-order valence-corrected chi connectivity index (χ2v) is 10.2. The number of likely N-dealkylation sites (tertiary alicyclic amines) is 2. The average molecular weight is 491 g/mol. The molecule has 0 spiro atoms. The van der Waals surface area contributed by atoms with E-state index in [1.807, 2.05) is 16.5 Å². The Morgan fingerprint density at radius 3 is 2.61 bits per heavy atom. The fourth-order valence-corrected chi connectivity index (χ4v) is 5.59. The molecule has 3 heterocycles. The van der Waals surface area contributed by atoms with E-state index in [9.17, 15) is 4.79 Å². The van der Waals surface area contributed by atoms with Crippen LogP contribution < -0.4 is 0 Å². The molecule has 0 bridgehead atoms. The van der Waals surface area contributed by atoms with Gasteiger partial charge in [0.25, 0.3) is 5.91 Å². The van der Waals surface area contributed by atoms with Crippen molar-refractivity contribution in [2.45, 2.75) is 70.8 Å². The molecule has 2 aromatic rings. The number of unbranched alkanes of at least 4 members (excludes halogenated alkanes) is 3. The highest BCUT2D eigenvalue weighted by molar-refractivity contribution is 5.95. The van der Waals surface area contributed by atoms with E-state index in [0.29, 0.717) is 24.0 Å². The third kappa shape index (κ3) is 6.38. The maximum atomic E-state index is 13.8. The Hall–Kier alpha value is -2.62. The molecule has 6 nitrogen and oxygen atoms in total. The van der Waals surface area contributed by atoms with Gasteiger partial charge >= 0.3 is 0 Å². The highest BCUT2D eigenvalue weighted by Crippen LogP contribution is 2.26. The summed E-state index contributed by atoms with van der Waals surface area (Å²) in [4.78, 5) is 23.3. The standard InChI is InChI=1S/C30H42N4O2/c1-4-5-6-7-12-24-13-10-14-25(23-24)29-31-27(15-11-22-36-3)28(32(29)2)30(35)34-20-16-26(17-21-34)33-18-8-9-19-33/h10,13-14,23,26H,4-9,12,16-22H2,1-3H3. The van der Waals surface area contributed by atoms with Crippen molar-refractivity contribution in [2.75, 3.05) is 39.9 Å². The van der Waals surface area contributed by atoms with E-state index < -0.39 is 0 Å². The van der Waals surface area contributed by atoms with Gasteiger partial charge in [-0.15, -0.1) is 0 Å². The van der Waals surface area contributed by atoms with E-state index in [2.05, 4.69) is 47.9 Å². The Labute approximate surface area is 217 Å². The number of benzene rings is 1. The summed E-state index contributed by atoms with van der Waals surface area (Å²) >= 11 is 0. The fourth-order valence-electron chi connectivity index (χ4n) is 5.59. The zero-order chi connectivity index (χ0) is 25.3. The van der Waals surface area contributed by atoms with E-state index >= 15 is 0 Å². The molecule has 0 N–H and O–H groups in total. The van der Waals surface area contributed by atoms with Gasteiger partial charge in [-0.2, -0.15) is 0 Å². The number of hydrogen-bond acceptors (Lipinski definition) is 4. The predicted molar refractivity (Wildman–Crippen MR) is 145 cm³/mol. The first kappa shape index (κ1) is 26.4. The molecule has 0 radical (unpaired) electrons. The minimum Gasteiger partial charge on any atom is -0.372 e. The van der Waals surface area contributed by atoms with Crippen LogP contribution in [0.25, 0.3) is 11.4 Å². The van der Waals surface area contributed by atoms with Crippen LogP contribution in [0.1, 0.15) is 80.0 Å². The van der Waals surface area contributed by atoms with Crippen LogP contribution in [-0.2, 0) is 18.2 Å². The number of ether oxygens (including phenoxy) is 1. The van der Waals surface area contributed by atoms with Gasteiger partial charge in [0.2, 0.25) is 0 Å². The van der Waals surface area contributed by atoms with Crippen LogP contribution >= 0.6 is 0 Å². The lowest BCUT2D eigenvalue weighted by atomic mass is 10.0. The van der Waals surface area contributed by atoms with Gasteiger partial charge in [-0.1, -0.05) is 50.3 Å². The first-order valence-corrected chi connectivity index (χ1v) is 13.8. The summed E-state index contributed by atoms with van der Waals surface area (Å²) in [6.45, 7) is 6.55. The minimum atomic E-state index is 0.0357. The predicted octanol–water partition coefficient (Wildman–Crippen LogP) is 4.91. The monoisotopic (exact) mass is 490 g/mol. The maximum Gasteiger partial charge on any atom is 0.273 e. The molecular formula is C30H42N4O2. The van der Waals surface area contributed by atoms with Crippen molar-refractivity contribution in [1.29, 1.82) is 0 Å². The van der Waals surface area contributed by atoms with E-state index in [-0.39, 0.29) is 5.91 Å². The van der Waals surface area contributed by atoms with Crippen LogP contribution in [0.3, 0.4) is 0 Å². The largest absolute Gasteiger partial charge is 0.372 e. The number of hydrogen-bond donors (Lipinski definition) is 0. The fraction of sp³-hybridized carbons (Fsp3) is 0.600. The Bertz CT molecular complexity index is 1070. The normalized spacial score (nSPS) is 16.8. The summed E-state index contributed by atoms with van der Waals surface area (Å²) in [5.74, 6) is 6.96. The van der Waals surface area contributed by atoms with Crippen molar-refractivity contribution >= 4 is 5.91 Å². The highest BCUT2D eigenvalue weighted by atomic mass is 16.5. The number of imidazole rings is 1. The lowest BCUT2D eigenvalue weighted by Gasteiger charge is -2.36. The van der Waals surface area contributed by atoms with Gasteiger partial charge in [0.1, 0.15) is 23.8 Å². The van der Waals surface area contributed by atoms with E-state index in [1.54, 1.807) is 7.11 Å². The van der Waals surface area contributed by atoms with Gasteiger partial charge in [-0.3, -0.25) is 4.79 Å². The number of rotatable bonds is 9. The number of piperidine rings is 1. The SMILES string of the molecule is CCCCCCc1cccc(-c2nc(C#CCOC)c(C(=O)N3CCC(N4CCCC4)CC3)n2C)c1. The minimum absolute atomic E-state index is 0.0357. The highest BCUT2D eigenvalue weighted by Gasteiger charge is 2.31. The molecule has 36 heavy (non-hydrogen) atoms. The summed E-state index contributed by atoms with van der Waals surface area (Å²) in [5.41, 5.74) is 3.48. The molecule has 0 saturated carbocycles. The molecule has 1 aromatic carbocycles. The van der Waals surface area contributed by atoms with Gasteiger partial charge in [-0.25, -0.2) is 4.98 Å². The number of carbonyl (C=O) groups is 1. The van der Waals surface area contributed by atoms with Crippen molar-refractivity contribution in [2.24, 2.45) is 7.05 Å². The van der Waals surface area contributed by atoms with Crippen LogP contribution in [0.15, 0.2) is 24.3 Å². The lowest BCUT2D eigenvalue weighted by molar-refractivity contribution is 0.0635. The van der Waals surface area contributed by atoms with Crippen molar-refractivity contribution in [1.82, 2.24) is 19.4 Å². The molecular weight excluding hydrogens is 448 g/mol. The van der Waals surface area contributed by atoms with Crippen LogP contribution in [0.5, 0.6) is 0 Å². The summed E-state index contributed by atoms with van der Waals surface area (Å²) in [5, 5.41) is 0. The molecule has 4 rings (SSSR count). The molecule has 6 heteroatoms. The summed E-state index contributed by atoms with van der Waals surface area (Å²) < 4.78 is 7.07. The van der Waals surface area contributed by atoms with Crippen molar-refractivity contribution < 1.29 is 9.53 Å². The number of methoxy groups -OCH3 is 1. The molecule has 2 fully saturated rings. The molecule has 1 amide bonds. The zero-order valence-electron chi connectivity index (χ0n) is 22.4. The third-order valence-electron chi connectivity index (χ3n) is 7.63. The Balaban J connectivity index is 1.55. The van der Waals surface area contributed by atoms with Gasteiger partial charge in [-0.05, 0) is 69.2 Å². The van der Waals surface area contributed by atoms with E-state index in [1.165, 1.54) is 57.2 Å². The Kier molecular flexibility index (Phi) is 9.60. The number of amides is 1. The average Bonchev–Trinajstić information content (AvgIpc) is 3.55. The first-order valence-electron chi connectivity index (χ1n) is 13.8. The Morgan fingerprint density at radius 2 is 1.89 bits per heavy atom. The van der Waals surface area contributed by atoms with Gasteiger partial charge in [0, 0.05) is 38.9 Å². The number of carbonyl (C=O) groups excluding carboxylic acids is 1. The molecule has 194 valence electrons. The lowest BCUT2D eigenvalue weighted by Crippen LogP contribution is -2.46. The molecule has 2 aliphatic heterocycles. The maximum absolute atomic E-state index is 13.8. The van der Waals surface area contributed by atoms with Gasteiger partial charge < -0.3 is 19.1 Å². The summed E-state index contributed by atoms with van der Waals surface area (Å²) in [6, 6.07) is 9.20. The summed E-state index contributed by atoms with van der Waals surface area (Å²) in [7, 11) is 3.57. The van der Waals surface area contributed by atoms with Crippen molar-refractivity contribution in [3.63, 3.8) is 0 Å². The second-order valence-electron chi connectivity index (χ2n) is 10.2. The van der Waals surface area contributed by atoms with Crippen molar-refractivity contribution in [3.05, 3.63) is 41.2 Å². The number of aryl methyl sites for hydroxylation is 1. The topological polar surface area (TPSA) is 50.6 Å². The molecule has 0 atom stereocenters. The summed E-state index contributed by atoms with van der Waals surface area (Å²) in [6.07, 6.45) is 10.7. The number of aromatic nitrogens is 2. The molecule has 0 unspecified atom stereocenters. The Morgan fingerprint density at radius 1 is 1.11 bits per heavy atom. The third-order valence-corrected chi connectivity index (χ3v) is 7.63. The van der Waals surface area contributed by atoms with Gasteiger partial charge in [0.15, 0.2) is 0 Å². The van der Waals surface area contributed by atoms with Crippen LogP contribution in [0.2, 0.25) is 0 Å². The van der Waals surface area contributed by atoms with E-state index in [4.69, 9.17) is 9.72 Å². The molecule has 2 aliphatic rings. The van der Waals surface area contributed by atoms with Crippen LogP contribution in [-0.4, -0.2) is 71.2 Å². The number of nitrogens with zero attached hydrogens (tertiary/aromatic N) is 4. The smallest absolute Gasteiger partial charge is 0.273 e. The zero-order valence-corrected chi connectivity index (χ0v) is 22.4. The molecule has 0 aliphatic carbocycles. The second kappa shape index (κ2) is 13.1. The van der Waals surface area contributed by atoms with Crippen LogP contribution in [0.4, 0.5) is 0 Å². The molecule has 2 saturated heterocycles. The van der Waals surface area contributed by atoms with Gasteiger partial charge in [0.05, 0.1) is 0 Å². The first-order chi connectivity index (χ1) is 17.6.